The summed E-state index contributed by atoms with van der Waals surface area (Å²) in [5.41, 5.74) is 2.53. The average Bonchev–Trinajstić information content (AvgIpc) is 3.35. The molecule has 1 saturated heterocycles. The summed E-state index contributed by atoms with van der Waals surface area (Å²) in [4.78, 5) is 31.1. The monoisotopic (exact) mass is 447 g/mol. The van der Waals surface area contributed by atoms with Crippen LogP contribution in [0.15, 0.2) is 63.9 Å². The third-order valence-corrected chi connectivity index (χ3v) is 6.28. The minimum Gasteiger partial charge on any atom is -0.448 e. The van der Waals surface area contributed by atoms with Crippen molar-refractivity contribution in [3.05, 3.63) is 70.7 Å². The van der Waals surface area contributed by atoms with Gasteiger partial charge >= 0.3 is 0 Å². The second-order valence-electron chi connectivity index (χ2n) is 7.74. The number of hydrogen-bond acceptors (Lipinski definition) is 8. The van der Waals surface area contributed by atoms with Crippen molar-refractivity contribution in [3.8, 4) is 10.4 Å². The molecule has 4 aromatic rings. The SMILES string of the molecule is CN1CCN(c2cccc3c(=O)cc(C(=O)Nc4cccc(-c5cnns5)c4)oc23)CC1. The fourth-order valence-corrected chi connectivity index (χ4v) is 4.32. The number of aromatic nitrogens is 2. The van der Waals surface area contributed by atoms with Crippen LogP contribution in [0.5, 0.6) is 0 Å². The molecule has 5 rings (SSSR count). The Labute approximate surface area is 188 Å². The van der Waals surface area contributed by atoms with Gasteiger partial charge in [0.05, 0.1) is 22.1 Å². The maximum atomic E-state index is 13.0. The van der Waals surface area contributed by atoms with Crippen molar-refractivity contribution >= 4 is 39.8 Å². The van der Waals surface area contributed by atoms with E-state index < -0.39 is 5.91 Å². The third kappa shape index (κ3) is 4.00. The molecule has 2 aromatic heterocycles. The maximum absolute atomic E-state index is 13.0. The topological polar surface area (TPSA) is 91.6 Å². The molecule has 1 N–H and O–H groups in total. The first-order valence-corrected chi connectivity index (χ1v) is 11.1. The molecule has 3 heterocycles. The molecule has 1 fully saturated rings. The molecular weight excluding hydrogens is 426 g/mol. The number of para-hydroxylation sites is 1. The van der Waals surface area contributed by atoms with Crippen molar-refractivity contribution in [1.82, 2.24) is 14.5 Å². The van der Waals surface area contributed by atoms with Gasteiger partial charge in [-0.1, -0.05) is 22.7 Å². The fraction of sp³-hybridized carbons (Fsp3) is 0.217. The molecule has 9 heteroatoms. The van der Waals surface area contributed by atoms with E-state index in [0.717, 1.165) is 42.3 Å². The minimum atomic E-state index is -0.475. The van der Waals surface area contributed by atoms with Gasteiger partial charge < -0.3 is 19.5 Å². The molecule has 0 bridgehead atoms. The Morgan fingerprint density at radius 1 is 1.09 bits per heavy atom. The lowest BCUT2D eigenvalue weighted by atomic mass is 10.1. The number of carbonyl (C=O) groups excluding carboxylic acids is 1. The van der Waals surface area contributed by atoms with Crippen molar-refractivity contribution < 1.29 is 9.21 Å². The van der Waals surface area contributed by atoms with Gasteiger partial charge in [-0.3, -0.25) is 9.59 Å². The van der Waals surface area contributed by atoms with Crippen LogP contribution in [0.2, 0.25) is 0 Å². The molecule has 1 amide bonds. The zero-order valence-corrected chi connectivity index (χ0v) is 18.3. The number of anilines is 2. The number of carbonyl (C=O) groups is 1. The van der Waals surface area contributed by atoms with E-state index in [1.807, 2.05) is 30.3 Å². The van der Waals surface area contributed by atoms with E-state index in [0.29, 0.717) is 16.7 Å². The largest absolute Gasteiger partial charge is 0.448 e. The van der Waals surface area contributed by atoms with Crippen molar-refractivity contribution in [2.45, 2.75) is 0 Å². The number of likely N-dealkylation sites (N-methyl/N-ethyl adjacent to an activating group) is 1. The standard InChI is InChI=1S/C23H21N5O3S/c1-27-8-10-28(11-9-27)18-7-3-6-17-19(29)13-20(31-22(17)18)23(30)25-16-5-2-4-15(12-16)21-14-24-26-32-21/h2-7,12-14H,8-11H2,1H3,(H,25,30). The summed E-state index contributed by atoms with van der Waals surface area (Å²) in [7, 11) is 2.09. The summed E-state index contributed by atoms with van der Waals surface area (Å²) >= 11 is 1.28. The van der Waals surface area contributed by atoms with Crippen molar-refractivity contribution in [2.24, 2.45) is 0 Å². The summed E-state index contributed by atoms with van der Waals surface area (Å²) in [5.74, 6) is -0.495. The van der Waals surface area contributed by atoms with Gasteiger partial charge in [-0.05, 0) is 48.4 Å². The molecule has 1 aliphatic heterocycles. The van der Waals surface area contributed by atoms with E-state index >= 15 is 0 Å². The van der Waals surface area contributed by atoms with Gasteiger partial charge in [0.1, 0.15) is 0 Å². The molecule has 0 unspecified atom stereocenters. The van der Waals surface area contributed by atoms with Gasteiger partial charge in [0.25, 0.3) is 5.91 Å². The molecule has 162 valence electrons. The lowest BCUT2D eigenvalue weighted by Crippen LogP contribution is -2.44. The van der Waals surface area contributed by atoms with Gasteiger partial charge in [0.2, 0.25) is 0 Å². The Balaban J connectivity index is 1.46. The quantitative estimate of drug-likeness (QED) is 0.513. The van der Waals surface area contributed by atoms with Crippen LogP contribution in [0.3, 0.4) is 0 Å². The van der Waals surface area contributed by atoms with Gasteiger partial charge in [0.15, 0.2) is 16.8 Å². The summed E-state index contributed by atoms with van der Waals surface area (Å²) in [6.45, 7) is 3.50. The van der Waals surface area contributed by atoms with Crippen molar-refractivity contribution in [2.75, 3.05) is 43.4 Å². The van der Waals surface area contributed by atoms with Crippen LogP contribution in [0.1, 0.15) is 10.6 Å². The second-order valence-corrected chi connectivity index (χ2v) is 8.52. The number of benzene rings is 2. The Bertz CT molecular complexity index is 1330. The fourth-order valence-electron chi connectivity index (χ4n) is 3.81. The smallest absolute Gasteiger partial charge is 0.291 e. The number of amides is 1. The van der Waals surface area contributed by atoms with Crippen LogP contribution in [-0.4, -0.2) is 53.6 Å². The first kappa shape index (κ1) is 20.3. The molecule has 0 radical (unpaired) electrons. The summed E-state index contributed by atoms with van der Waals surface area (Å²) in [5, 5.41) is 7.15. The van der Waals surface area contributed by atoms with E-state index in [2.05, 4.69) is 31.8 Å². The molecule has 0 aliphatic carbocycles. The molecule has 1 aliphatic rings. The zero-order valence-electron chi connectivity index (χ0n) is 17.4. The van der Waals surface area contributed by atoms with Gasteiger partial charge in [-0.2, -0.15) is 0 Å². The Morgan fingerprint density at radius 2 is 1.91 bits per heavy atom. The Hall–Kier alpha value is -3.56. The molecule has 0 atom stereocenters. The normalized spacial score (nSPS) is 14.6. The van der Waals surface area contributed by atoms with E-state index in [1.165, 1.54) is 17.6 Å². The van der Waals surface area contributed by atoms with Crippen molar-refractivity contribution in [1.29, 1.82) is 0 Å². The number of hydrogen-bond donors (Lipinski definition) is 1. The van der Waals surface area contributed by atoms with Crippen LogP contribution in [0, 0.1) is 0 Å². The number of nitrogens with one attached hydrogen (secondary N) is 1. The predicted molar refractivity (Wildman–Crippen MR) is 125 cm³/mol. The third-order valence-electron chi connectivity index (χ3n) is 5.57. The highest BCUT2D eigenvalue weighted by molar-refractivity contribution is 7.09. The van der Waals surface area contributed by atoms with Crippen LogP contribution in [0.4, 0.5) is 11.4 Å². The van der Waals surface area contributed by atoms with Gasteiger partial charge in [0, 0.05) is 37.9 Å². The minimum absolute atomic E-state index is 0.0195. The highest BCUT2D eigenvalue weighted by Gasteiger charge is 2.20. The summed E-state index contributed by atoms with van der Waals surface area (Å²) in [6.07, 6.45) is 1.67. The lowest BCUT2D eigenvalue weighted by Gasteiger charge is -2.34. The number of rotatable bonds is 4. The average molecular weight is 448 g/mol. The van der Waals surface area contributed by atoms with Crippen LogP contribution >= 0.6 is 11.5 Å². The molecule has 2 aromatic carbocycles. The molecule has 32 heavy (non-hydrogen) atoms. The second kappa shape index (κ2) is 8.52. The highest BCUT2D eigenvalue weighted by Crippen LogP contribution is 2.28. The lowest BCUT2D eigenvalue weighted by molar-refractivity contribution is 0.0997. The Morgan fingerprint density at radius 3 is 2.69 bits per heavy atom. The highest BCUT2D eigenvalue weighted by atomic mass is 32.1. The zero-order chi connectivity index (χ0) is 22.1. The van der Waals surface area contributed by atoms with E-state index in [1.54, 1.807) is 18.3 Å². The van der Waals surface area contributed by atoms with E-state index in [-0.39, 0.29) is 11.2 Å². The van der Waals surface area contributed by atoms with E-state index in [9.17, 15) is 9.59 Å². The maximum Gasteiger partial charge on any atom is 0.291 e. The number of nitrogens with zero attached hydrogens (tertiary/aromatic N) is 4. The summed E-state index contributed by atoms with van der Waals surface area (Å²) in [6, 6.07) is 14.2. The molecule has 8 nitrogen and oxygen atoms in total. The van der Waals surface area contributed by atoms with Gasteiger partial charge in [-0.25, -0.2) is 0 Å². The van der Waals surface area contributed by atoms with Crippen molar-refractivity contribution in [3.63, 3.8) is 0 Å². The first-order valence-electron chi connectivity index (χ1n) is 10.3. The number of piperazine rings is 1. The first-order chi connectivity index (χ1) is 15.6. The van der Waals surface area contributed by atoms with E-state index in [4.69, 9.17) is 4.42 Å². The number of fused-ring (bicyclic) bond motifs is 1. The predicted octanol–water partition coefficient (Wildman–Crippen LogP) is 3.32. The van der Waals surface area contributed by atoms with Crippen LogP contribution in [0.25, 0.3) is 21.4 Å². The van der Waals surface area contributed by atoms with Crippen LogP contribution in [-0.2, 0) is 0 Å². The van der Waals surface area contributed by atoms with Crippen LogP contribution < -0.4 is 15.6 Å². The molecular formula is C23H21N5O3S. The Kier molecular flexibility index (Phi) is 5.42. The molecule has 0 spiro atoms. The molecule has 0 saturated carbocycles. The summed E-state index contributed by atoms with van der Waals surface area (Å²) < 4.78 is 9.88. The van der Waals surface area contributed by atoms with Gasteiger partial charge in [-0.15, -0.1) is 5.10 Å².